The first kappa shape index (κ1) is 13.8. The zero-order valence-electron chi connectivity index (χ0n) is 11.6. The van der Waals surface area contributed by atoms with E-state index in [4.69, 9.17) is 16.2 Å². The molecule has 10 nitrogen and oxygen atoms in total. The van der Waals surface area contributed by atoms with Crippen molar-refractivity contribution in [2.75, 3.05) is 12.8 Å². The zero-order chi connectivity index (χ0) is 15.7. The van der Waals surface area contributed by atoms with Gasteiger partial charge in [0.25, 0.3) is 5.91 Å². The molecule has 3 aromatic heterocycles. The minimum atomic E-state index is -0.653. The number of carbonyl (C=O) groups excluding carboxylic acids is 1. The third kappa shape index (κ3) is 2.31. The van der Waals surface area contributed by atoms with Crippen molar-refractivity contribution in [3.8, 4) is 11.5 Å². The summed E-state index contributed by atoms with van der Waals surface area (Å²) in [5.74, 6) is 0.304. The van der Waals surface area contributed by atoms with Crippen molar-refractivity contribution in [2.24, 2.45) is 5.73 Å². The maximum atomic E-state index is 11.6. The van der Waals surface area contributed by atoms with Gasteiger partial charge in [-0.3, -0.25) is 9.89 Å². The van der Waals surface area contributed by atoms with Gasteiger partial charge in [0.2, 0.25) is 0 Å². The Hall–Kier alpha value is -3.14. The molecule has 3 rings (SSSR count). The van der Waals surface area contributed by atoms with Gasteiger partial charge < -0.3 is 16.2 Å². The van der Waals surface area contributed by atoms with Crippen molar-refractivity contribution in [1.29, 1.82) is 0 Å². The van der Waals surface area contributed by atoms with Crippen LogP contribution in [0.4, 0.5) is 5.82 Å². The highest BCUT2D eigenvalue weighted by molar-refractivity contribution is 6.06. The number of rotatable bonds is 4. The van der Waals surface area contributed by atoms with E-state index in [0.29, 0.717) is 17.3 Å². The Kier molecular flexibility index (Phi) is 3.35. The molecule has 112 valence electrons. The number of aromatic amines is 1. The van der Waals surface area contributed by atoms with Crippen LogP contribution in [0.5, 0.6) is 0 Å². The fraction of sp³-hybridized carbons (Fsp3) is 0.167. The molecule has 0 aromatic carbocycles. The Labute approximate surface area is 123 Å². The van der Waals surface area contributed by atoms with E-state index in [1.54, 1.807) is 7.11 Å². The van der Waals surface area contributed by atoms with E-state index in [9.17, 15) is 4.79 Å². The van der Waals surface area contributed by atoms with Gasteiger partial charge in [0.1, 0.15) is 29.7 Å². The summed E-state index contributed by atoms with van der Waals surface area (Å²) in [4.78, 5) is 28.0. The van der Waals surface area contributed by atoms with Crippen molar-refractivity contribution < 1.29 is 9.53 Å². The molecule has 3 aromatic rings. The van der Waals surface area contributed by atoms with Crippen LogP contribution < -0.4 is 11.5 Å². The van der Waals surface area contributed by atoms with E-state index >= 15 is 0 Å². The van der Waals surface area contributed by atoms with Gasteiger partial charge >= 0.3 is 0 Å². The average molecular weight is 300 g/mol. The Morgan fingerprint density at radius 2 is 2.14 bits per heavy atom. The second-order valence-corrected chi connectivity index (χ2v) is 4.41. The maximum absolute atomic E-state index is 11.6. The van der Waals surface area contributed by atoms with E-state index in [1.807, 2.05) is 0 Å². The number of nitrogens with zero attached hydrogens (tertiary/aromatic N) is 5. The van der Waals surface area contributed by atoms with E-state index in [1.165, 1.54) is 12.4 Å². The fourth-order valence-corrected chi connectivity index (χ4v) is 1.97. The van der Waals surface area contributed by atoms with Crippen molar-refractivity contribution in [3.63, 3.8) is 0 Å². The number of amides is 1. The number of hydrogen-bond donors (Lipinski definition) is 3. The number of fused-ring (bicyclic) bond motifs is 1. The van der Waals surface area contributed by atoms with Crippen molar-refractivity contribution in [3.05, 3.63) is 23.8 Å². The number of pyridine rings is 1. The second-order valence-electron chi connectivity index (χ2n) is 4.41. The molecular formula is C12H12N8O2. The summed E-state index contributed by atoms with van der Waals surface area (Å²) in [6.07, 6.45) is 1.24. The lowest BCUT2D eigenvalue weighted by Crippen LogP contribution is -2.13. The largest absolute Gasteiger partial charge is 0.382 e. The van der Waals surface area contributed by atoms with E-state index in [0.717, 1.165) is 0 Å². The van der Waals surface area contributed by atoms with Crippen LogP contribution in [-0.2, 0) is 11.3 Å². The molecule has 0 saturated carbocycles. The summed E-state index contributed by atoms with van der Waals surface area (Å²) in [6, 6.07) is 1.47. The predicted molar refractivity (Wildman–Crippen MR) is 76.4 cm³/mol. The Balaban J connectivity index is 2.21. The van der Waals surface area contributed by atoms with Gasteiger partial charge in [-0.1, -0.05) is 0 Å². The van der Waals surface area contributed by atoms with Gasteiger partial charge in [0.15, 0.2) is 17.5 Å². The first-order valence-electron chi connectivity index (χ1n) is 6.21. The first-order valence-corrected chi connectivity index (χ1v) is 6.21. The molecule has 0 unspecified atom stereocenters. The summed E-state index contributed by atoms with van der Waals surface area (Å²) >= 11 is 0. The third-order valence-corrected chi connectivity index (χ3v) is 2.93. The lowest BCUT2D eigenvalue weighted by atomic mass is 10.1. The summed E-state index contributed by atoms with van der Waals surface area (Å²) < 4.78 is 4.96. The van der Waals surface area contributed by atoms with Crippen molar-refractivity contribution in [2.45, 2.75) is 6.61 Å². The molecule has 0 aliphatic heterocycles. The number of H-pyrrole nitrogens is 1. The van der Waals surface area contributed by atoms with E-state index < -0.39 is 5.91 Å². The number of nitrogen functional groups attached to an aromatic ring is 1. The molecule has 0 aliphatic carbocycles. The van der Waals surface area contributed by atoms with Crippen LogP contribution in [0.15, 0.2) is 12.4 Å². The summed E-state index contributed by atoms with van der Waals surface area (Å²) in [5.41, 5.74) is 12.3. The van der Waals surface area contributed by atoms with Gasteiger partial charge in [-0.2, -0.15) is 5.10 Å². The van der Waals surface area contributed by atoms with Gasteiger partial charge in [0, 0.05) is 7.11 Å². The molecule has 0 saturated heterocycles. The molecule has 22 heavy (non-hydrogen) atoms. The van der Waals surface area contributed by atoms with Gasteiger partial charge in [-0.15, -0.1) is 0 Å². The maximum Gasteiger partial charge on any atom is 0.251 e. The Morgan fingerprint density at radius 3 is 2.86 bits per heavy atom. The second kappa shape index (κ2) is 5.33. The molecule has 10 heteroatoms. The van der Waals surface area contributed by atoms with Gasteiger partial charge in [-0.25, -0.2) is 19.9 Å². The topological polar surface area (TPSA) is 159 Å². The smallest absolute Gasteiger partial charge is 0.251 e. The molecule has 1 amide bonds. The first-order chi connectivity index (χ1) is 10.6. The lowest BCUT2D eigenvalue weighted by molar-refractivity contribution is 0.100. The number of aromatic nitrogens is 6. The predicted octanol–water partition coefficient (Wildman–Crippen LogP) is -0.363. The molecule has 0 atom stereocenters. The van der Waals surface area contributed by atoms with Crippen LogP contribution in [-0.4, -0.2) is 43.2 Å². The van der Waals surface area contributed by atoms with Gasteiger partial charge in [-0.05, 0) is 6.07 Å². The number of hydrogen-bond acceptors (Lipinski definition) is 8. The van der Waals surface area contributed by atoms with Gasteiger partial charge in [0.05, 0.1) is 5.56 Å². The normalized spacial score (nSPS) is 11.0. The Morgan fingerprint density at radius 1 is 1.32 bits per heavy atom. The molecule has 0 aliphatic rings. The number of methoxy groups -OCH3 is 1. The standard InChI is InChI=1S/C12H12N8O2/c1-22-3-7-18-12(20-19-7)6-2-5(11(14)21)8-9(17-6)10(13)16-4-15-8/h2,4H,3H2,1H3,(H2,14,21)(H2,13,15,16)(H,18,19,20). The van der Waals surface area contributed by atoms with E-state index in [-0.39, 0.29) is 29.0 Å². The van der Waals surface area contributed by atoms with Crippen LogP contribution in [0.1, 0.15) is 16.2 Å². The SMILES string of the molecule is COCc1nc(-c2cc(C(N)=O)c3ncnc(N)c3n2)n[nH]1. The molecule has 0 spiro atoms. The summed E-state index contributed by atoms with van der Waals surface area (Å²) in [5, 5.41) is 6.74. The highest BCUT2D eigenvalue weighted by Crippen LogP contribution is 2.23. The number of primary amides is 1. The van der Waals surface area contributed by atoms with E-state index in [2.05, 4.69) is 30.1 Å². The molecule has 0 bridgehead atoms. The monoisotopic (exact) mass is 300 g/mol. The summed E-state index contributed by atoms with van der Waals surface area (Å²) in [6.45, 7) is 0.272. The van der Waals surface area contributed by atoms with Crippen LogP contribution in [0.2, 0.25) is 0 Å². The summed E-state index contributed by atoms with van der Waals surface area (Å²) in [7, 11) is 1.54. The van der Waals surface area contributed by atoms with Crippen molar-refractivity contribution >= 4 is 22.8 Å². The molecular weight excluding hydrogens is 288 g/mol. The highest BCUT2D eigenvalue weighted by atomic mass is 16.5. The number of ether oxygens (including phenoxy) is 1. The lowest BCUT2D eigenvalue weighted by Gasteiger charge is -2.05. The molecule has 3 heterocycles. The zero-order valence-corrected chi connectivity index (χ0v) is 11.6. The van der Waals surface area contributed by atoms with Crippen LogP contribution in [0.3, 0.4) is 0 Å². The number of anilines is 1. The van der Waals surface area contributed by atoms with Crippen LogP contribution in [0.25, 0.3) is 22.6 Å². The molecule has 5 N–H and O–H groups in total. The average Bonchev–Trinajstić information content (AvgIpc) is 2.96. The quantitative estimate of drug-likeness (QED) is 0.588. The molecule has 0 radical (unpaired) electrons. The Bertz CT molecular complexity index is 859. The van der Waals surface area contributed by atoms with Crippen molar-refractivity contribution in [1.82, 2.24) is 30.1 Å². The number of nitrogens with two attached hydrogens (primary N) is 2. The van der Waals surface area contributed by atoms with Crippen LogP contribution in [0, 0.1) is 0 Å². The number of carbonyl (C=O) groups is 1. The highest BCUT2D eigenvalue weighted by Gasteiger charge is 2.17. The minimum absolute atomic E-state index is 0.141. The third-order valence-electron chi connectivity index (χ3n) is 2.93. The van der Waals surface area contributed by atoms with Crippen LogP contribution >= 0.6 is 0 Å². The number of nitrogens with one attached hydrogen (secondary N) is 1. The fourth-order valence-electron chi connectivity index (χ4n) is 1.97. The molecule has 0 fully saturated rings. The minimum Gasteiger partial charge on any atom is -0.382 e.